The van der Waals surface area contributed by atoms with Gasteiger partial charge in [0.25, 0.3) is 10.0 Å². The van der Waals surface area contributed by atoms with E-state index in [0.29, 0.717) is 16.5 Å². The summed E-state index contributed by atoms with van der Waals surface area (Å²) in [5, 5.41) is 0.787. The lowest BCUT2D eigenvalue weighted by Gasteiger charge is -2.10. The molecular weight excluding hydrogens is 455 g/mol. The number of rotatable bonds is 3. The van der Waals surface area contributed by atoms with Crippen LogP contribution in [-0.2, 0) is 10.0 Å². The van der Waals surface area contributed by atoms with Crippen molar-refractivity contribution in [2.24, 2.45) is 0 Å². The summed E-state index contributed by atoms with van der Waals surface area (Å²) in [4.78, 5) is 15.8. The molecule has 32 heavy (non-hydrogen) atoms. The zero-order valence-corrected chi connectivity index (χ0v) is 18.0. The monoisotopic (exact) mass is 468 g/mol. The summed E-state index contributed by atoms with van der Waals surface area (Å²) in [6.45, 7) is 1.50. The molecule has 0 atom stereocenters. The number of aryl methyl sites for hydroxylation is 1. The second kappa shape index (κ2) is 8.37. The standard InChI is InChI=1S/C21H14ClFN6O2S/c1-12-17(9-15(22)11-27-12)32(30,31)29-21-18(23)13(6-8-26-21)4-5-14-10-28-20(24)19-16(14)3-2-7-25-19/h2-3,6-11H,1H3,(H2,24,28)(H,26,29). The normalized spacial score (nSPS) is 11.1. The maximum atomic E-state index is 15.0. The van der Waals surface area contributed by atoms with Crippen LogP contribution < -0.4 is 10.5 Å². The Kier molecular flexibility index (Phi) is 5.61. The topological polar surface area (TPSA) is 124 Å². The third kappa shape index (κ3) is 4.16. The molecule has 0 saturated heterocycles. The average molecular weight is 469 g/mol. The molecule has 4 aromatic heterocycles. The lowest BCUT2D eigenvalue weighted by molar-refractivity contribution is 0.596. The number of fused-ring (bicyclic) bond motifs is 1. The number of hydrogen-bond acceptors (Lipinski definition) is 7. The summed E-state index contributed by atoms with van der Waals surface area (Å²) in [5.74, 6) is 4.34. The maximum absolute atomic E-state index is 15.0. The molecule has 3 N–H and O–H groups in total. The average Bonchev–Trinajstić information content (AvgIpc) is 2.77. The number of sulfonamides is 1. The lowest BCUT2D eigenvalue weighted by Crippen LogP contribution is -2.17. The number of aromatic nitrogens is 4. The molecule has 0 aliphatic heterocycles. The number of pyridine rings is 4. The molecule has 0 bridgehead atoms. The van der Waals surface area contributed by atoms with Gasteiger partial charge < -0.3 is 5.73 Å². The van der Waals surface area contributed by atoms with E-state index in [1.165, 1.54) is 37.6 Å². The lowest BCUT2D eigenvalue weighted by atomic mass is 10.1. The summed E-state index contributed by atoms with van der Waals surface area (Å²) in [6, 6.07) is 6.05. The molecule has 0 spiro atoms. The van der Waals surface area contributed by atoms with Crippen molar-refractivity contribution in [3.05, 3.63) is 76.7 Å². The van der Waals surface area contributed by atoms with Gasteiger partial charge in [-0.25, -0.2) is 22.8 Å². The van der Waals surface area contributed by atoms with E-state index in [-0.39, 0.29) is 27.0 Å². The molecule has 0 saturated carbocycles. The Hall–Kier alpha value is -3.81. The number of nitrogens with two attached hydrogens (primary N) is 1. The van der Waals surface area contributed by atoms with Gasteiger partial charge in [0, 0.05) is 30.2 Å². The Morgan fingerprint density at radius 1 is 1.06 bits per heavy atom. The summed E-state index contributed by atoms with van der Waals surface area (Å²) >= 11 is 5.85. The van der Waals surface area contributed by atoms with E-state index in [1.54, 1.807) is 18.3 Å². The Morgan fingerprint density at radius 2 is 1.84 bits per heavy atom. The molecule has 0 fully saturated rings. The minimum atomic E-state index is -4.19. The Labute approximate surface area is 187 Å². The Morgan fingerprint density at radius 3 is 2.66 bits per heavy atom. The second-order valence-corrected chi connectivity index (χ2v) is 8.66. The van der Waals surface area contributed by atoms with Crippen molar-refractivity contribution in [2.45, 2.75) is 11.8 Å². The van der Waals surface area contributed by atoms with Gasteiger partial charge in [-0.05, 0) is 31.2 Å². The molecule has 8 nitrogen and oxygen atoms in total. The number of anilines is 2. The molecule has 0 amide bonds. The van der Waals surface area contributed by atoms with Crippen molar-refractivity contribution in [3.63, 3.8) is 0 Å². The summed E-state index contributed by atoms with van der Waals surface area (Å²) in [6.07, 6.45) is 5.60. The van der Waals surface area contributed by atoms with E-state index < -0.39 is 21.7 Å². The van der Waals surface area contributed by atoms with Crippen molar-refractivity contribution < 1.29 is 12.8 Å². The maximum Gasteiger partial charge on any atom is 0.264 e. The minimum absolute atomic E-state index is 0.0625. The first-order chi connectivity index (χ1) is 15.3. The zero-order valence-electron chi connectivity index (χ0n) is 16.5. The van der Waals surface area contributed by atoms with Crippen LogP contribution in [0.3, 0.4) is 0 Å². The summed E-state index contributed by atoms with van der Waals surface area (Å²) in [5.41, 5.74) is 6.94. The largest absolute Gasteiger partial charge is 0.382 e. The highest BCUT2D eigenvalue weighted by molar-refractivity contribution is 7.92. The predicted octanol–water partition coefficient (Wildman–Crippen LogP) is 3.30. The highest BCUT2D eigenvalue weighted by Crippen LogP contribution is 2.23. The van der Waals surface area contributed by atoms with Crippen molar-refractivity contribution in [3.8, 4) is 11.8 Å². The quantitative estimate of drug-likeness (QED) is 0.442. The molecular formula is C21H14ClFN6O2S. The van der Waals surface area contributed by atoms with Gasteiger partial charge in [0.05, 0.1) is 21.8 Å². The molecule has 4 aromatic rings. The fourth-order valence-electron chi connectivity index (χ4n) is 2.88. The molecule has 0 radical (unpaired) electrons. The van der Waals surface area contributed by atoms with E-state index in [4.69, 9.17) is 17.3 Å². The number of nitrogens with one attached hydrogen (secondary N) is 1. The summed E-state index contributed by atoms with van der Waals surface area (Å²) < 4.78 is 42.6. The highest BCUT2D eigenvalue weighted by Gasteiger charge is 2.21. The first kappa shape index (κ1) is 21.4. The highest BCUT2D eigenvalue weighted by atomic mass is 35.5. The Balaban J connectivity index is 1.71. The van der Waals surface area contributed by atoms with Crippen molar-refractivity contribution in [1.29, 1.82) is 0 Å². The molecule has 4 heterocycles. The van der Waals surface area contributed by atoms with Crippen LogP contribution in [0, 0.1) is 24.6 Å². The number of nitrogen functional groups attached to an aromatic ring is 1. The van der Waals surface area contributed by atoms with Gasteiger partial charge in [-0.15, -0.1) is 0 Å². The van der Waals surface area contributed by atoms with E-state index in [2.05, 4.69) is 36.5 Å². The summed E-state index contributed by atoms with van der Waals surface area (Å²) in [7, 11) is -4.19. The van der Waals surface area contributed by atoms with E-state index in [1.807, 2.05) is 0 Å². The molecule has 11 heteroatoms. The van der Waals surface area contributed by atoms with Crippen LogP contribution in [-0.4, -0.2) is 28.4 Å². The first-order valence-electron chi connectivity index (χ1n) is 9.07. The Bertz CT molecular complexity index is 1530. The third-order valence-electron chi connectivity index (χ3n) is 4.42. The predicted molar refractivity (Wildman–Crippen MR) is 119 cm³/mol. The van der Waals surface area contributed by atoms with Gasteiger partial charge in [-0.1, -0.05) is 23.4 Å². The van der Waals surface area contributed by atoms with E-state index >= 15 is 0 Å². The fraction of sp³-hybridized carbons (Fsp3) is 0.0476. The van der Waals surface area contributed by atoms with Crippen LogP contribution in [0.15, 0.2) is 53.9 Å². The van der Waals surface area contributed by atoms with Crippen molar-refractivity contribution in [2.75, 3.05) is 10.5 Å². The van der Waals surface area contributed by atoms with E-state index in [9.17, 15) is 12.8 Å². The minimum Gasteiger partial charge on any atom is -0.382 e. The van der Waals surface area contributed by atoms with Gasteiger partial charge >= 0.3 is 0 Å². The molecule has 4 rings (SSSR count). The second-order valence-electron chi connectivity index (χ2n) is 6.57. The van der Waals surface area contributed by atoms with Crippen LogP contribution in [0.2, 0.25) is 5.02 Å². The van der Waals surface area contributed by atoms with Crippen molar-refractivity contribution in [1.82, 2.24) is 19.9 Å². The van der Waals surface area contributed by atoms with Gasteiger partial charge in [0.1, 0.15) is 16.2 Å². The number of halogens is 2. The van der Waals surface area contributed by atoms with Crippen LogP contribution in [0.1, 0.15) is 16.8 Å². The fourth-order valence-corrected chi connectivity index (χ4v) is 4.33. The third-order valence-corrected chi connectivity index (χ3v) is 6.08. The molecule has 0 aromatic carbocycles. The van der Waals surface area contributed by atoms with Gasteiger partial charge in [-0.2, -0.15) is 0 Å². The SMILES string of the molecule is Cc1ncc(Cl)cc1S(=O)(=O)Nc1nccc(C#Cc2cnc(N)c3ncccc23)c1F. The van der Waals surface area contributed by atoms with Crippen LogP contribution in [0.5, 0.6) is 0 Å². The smallest absolute Gasteiger partial charge is 0.264 e. The molecule has 0 unspecified atom stereocenters. The first-order valence-corrected chi connectivity index (χ1v) is 10.9. The molecule has 0 aliphatic carbocycles. The van der Waals surface area contributed by atoms with Gasteiger partial charge in [0.2, 0.25) is 0 Å². The van der Waals surface area contributed by atoms with Crippen LogP contribution >= 0.6 is 11.6 Å². The van der Waals surface area contributed by atoms with Crippen LogP contribution in [0.4, 0.5) is 16.0 Å². The molecule has 0 aliphatic rings. The number of nitrogens with zero attached hydrogens (tertiary/aromatic N) is 4. The van der Waals surface area contributed by atoms with Gasteiger partial charge in [0.15, 0.2) is 11.6 Å². The molecule has 160 valence electrons. The van der Waals surface area contributed by atoms with Crippen LogP contribution in [0.25, 0.3) is 10.9 Å². The number of hydrogen-bond donors (Lipinski definition) is 2. The van der Waals surface area contributed by atoms with Gasteiger partial charge in [-0.3, -0.25) is 14.7 Å². The van der Waals surface area contributed by atoms with Crippen molar-refractivity contribution >= 4 is 44.2 Å². The zero-order chi connectivity index (χ0) is 22.9. The van der Waals surface area contributed by atoms with E-state index in [0.717, 1.165) is 0 Å².